The van der Waals surface area contributed by atoms with Crippen molar-refractivity contribution in [2.24, 2.45) is 0 Å². The Morgan fingerprint density at radius 3 is 2.60 bits per heavy atom. The molecule has 0 N–H and O–H groups in total. The molecule has 0 bridgehead atoms. The third kappa shape index (κ3) is 4.93. The van der Waals surface area contributed by atoms with Gasteiger partial charge in [0.25, 0.3) is 0 Å². The van der Waals surface area contributed by atoms with Gasteiger partial charge >= 0.3 is 19.3 Å². The fourth-order valence-electron chi connectivity index (χ4n) is 1.95. The van der Waals surface area contributed by atoms with Crippen molar-refractivity contribution >= 4 is 28.3 Å². The summed E-state index contributed by atoms with van der Waals surface area (Å²) < 4.78 is 14.4. The van der Waals surface area contributed by atoms with Gasteiger partial charge < -0.3 is 18.5 Å². The fourth-order valence-corrected chi connectivity index (χ4v) is 2.43. The Morgan fingerprint density at radius 2 is 2.00 bits per heavy atom. The van der Waals surface area contributed by atoms with E-state index in [-0.39, 0.29) is 5.79 Å². The summed E-state index contributed by atoms with van der Waals surface area (Å²) in [6.07, 6.45) is 5.68. The Morgan fingerprint density at radius 1 is 1.27 bits per heavy atom. The van der Waals surface area contributed by atoms with Crippen molar-refractivity contribution in [1.82, 2.24) is 0 Å². The van der Waals surface area contributed by atoms with Crippen molar-refractivity contribution in [3.05, 3.63) is 0 Å². The van der Waals surface area contributed by atoms with E-state index in [4.69, 9.17) is 18.5 Å². The second-order valence-electron chi connectivity index (χ2n) is 3.68. The highest BCUT2D eigenvalue weighted by Gasteiger charge is 2.33. The van der Waals surface area contributed by atoms with Gasteiger partial charge in [-0.05, 0) is 19.8 Å². The van der Waals surface area contributed by atoms with Gasteiger partial charge in [0.05, 0.1) is 0 Å². The van der Waals surface area contributed by atoms with Crippen molar-refractivity contribution in [3.8, 4) is 9.97 Å². The molecule has 15 heavy (non-hydrogen) atoms. The number of hydrogen-bond donors (Lipinski definition) is 0. The van der Waals surface area contributed by atoms with Crippen molar-refractivity contribution in [1.29, 1.82) is 0 Å². The van der Waals surface area contributed by atoms with Gasteiger partial charge in [0.15, 0.2) is 5.79 Å². The molecular formula is C11H17ClMgO2. The Kier molecular flexibility index (Phi) is 7.03. The van der Waals surface area contributed by atoms with Gasteiger partial charge in [-0.1, -0.05) is 6.42 Å². The van der Waals surface area contributed by atoms with Crippen LogP contribution < -0.4 is 0 Å². The Labute approximate surface area is 106 Å². The third-order valence-corrected chi connectivity index (χ3v) is 3.41. The summed E-state index contributed by atoms with van der Waals surface area (Å²) in [5.41, 5.74) is 0. The van der Waals surface area contributed by atoms with Crippen molar-refractivity contribution in [2.75, 3.05) is 13.2 Å². The van der Waals surface area contributed by atoms with Crippen LogP contribution in [0.1, 0.15) is 39.0 Å². The van der Waals surface area contributed by atoms with E-state index in [1.807, 2.05) is 6.92 Å². The molecule has 0 aromatic rings. The van der Waals surface area contributed by atoms with Crippen molar-refractivity contribution in [3.63, 3.8) is 0 Å². The molecule has 0 saturated heterocycles. The summed E-state index contributed by atoms with van der Waals surface area (Å²) in [5, 5.41) is 0. The summed E-state index contributed by atoms with van der Waals surface area (Å²) in [6, 6.07) is 0. The van der Waals surface area contributed by atoms with Gasteiger partial charge in [-0.25, -0.2) is 4.05 Å². The average molecular weight is 241 g/mol. The standard InChI is InChI=1S/C11H17O2.ClH.Mg/c1-3-10-13-11(12-4-2)8-6-5-7-9-11;;/h4-10H2,2H3;1H;/q;;+1/p-1. The zero-order chi connectivity index (χ0) is 11.0. The predicted octanol–water partition coefficient (Wildman–Crippen LogP) is 2.52. The van der Waals surface area contributed by atoms with Crippen LogP contribution in [-0.2, 0) is 9.47 Å². The van der Waals surface area contributed by atoms with Gasteiger partial charge in [0, 0.05) is 19.4 Å². The van der Waals surface area contributed by atoms with E-state index in [9.17, 15) is 0 Å². The first-order chi connectivity index (χ1) is 7.33. The van der Waals surface area contributed by atoms with Crippen LogP contribution in [0.25, 0.3) is 0 Å². The average Bonchev–Trinajstić information content (AvgIpc) is 2.26. The van der Waals surface area contributed by atoms with Gasteiger partial charge in [-0.2, -0.15) is 0 Å². The zero-order valence-electron chi connectivity index (χ0n) is 9.35. The second-order valence-corrected chi connectivity index (χ2v) is 5.10. The lowest BCUT2D eigenvalue weighted by atomic mass is 9.94. The van der Waals surface area contributed by atoms with Crippen LogP contribution in [0.15, 0.2) is 0 Å². The predicted molar refractivity (Wildman–Crippen MR) is 62.8 cm³/mol. The maximum atomic E-state index is 5.78. The molecular weight excluding hydrogens is 224 g/mol. The maximum Gasteiger partial charge on any atom is 0.599 e. The first-order valence-corrected chi connectivity index (χ1v) is 8.47. The minimum absolute atomic E-state index is 0.352. The van der Waals surface area contributed by atoms with Crippen LogP contribution in [0.3, 0.4) is 0 Å². The van der Waals surface area contributed by atoms with E-state index in [0.29, 0.717) is 13.2 Å². The molecule has 0 aromatic carbocycles. The van der Waals surface area contributed by atoms with Crippen LogP contribution in [0.2, 0.25) is 0 Å². The van der Waals surface area contributed by atoms with E-state index in [1.165, 1.54) is 19.3 Å². The van der Waals surface area contributed by atoms with Crippen LogP contribution >= 0.6 is 9.07 Å². The molecule has 0 radical (unpaired) electrons. The molecule has 2 nitrogen and oxygen atoms in total. The van der Waals surface area contributed by atoms with Crippen LogP contribution in [0, 0.1) is 9.97 Å². The SMILES string of the molecule is CCOC1(OCC#[C][Mg][Cl])CCCCC1. The van der Waals surface area contributed by atoms with Crippen molar-refractivity contribution in [2.45, 2.75) is 44.8 Å². The van der Waals surface area contributed by atoms with E-state index in [0.717, 1.165) is 12.8 Å². The number of rotatable bonds is 4. The number of hydrogen-bond acceptors (Lipinski definition) is 2. The molecule has 82 valence electrons. The van der Waals surface area contributed by atoms with Crippen LogP contribution in [0.4, 0.5) is 0 Å². The Hall–Kier alpha value is 0.536. The molecule has 1 fully saturated rings. The molecule has 0 atom stereocenters. The fraction of sp³-hybridized carbons (Fsp3) is 0.818. The normalized spacial score (nSPS) is 18.8. The monoisotopic (exact) mass is 240 g/mol. The smallest absolute Gasteiger partial charge is 0.350 e. The van der Waals surface area contributed by atoms with E-state index in [2.05, 4.69) is 9.97 Å². The second kappa shape index (κ2) is 7.75. The minimum Gasteiger partial charge on any atom is -0.350 e. The number of ether oxygens (including phenoxy) is 2. The molecule has 1 saturated carbocycles. The van der Waals surface area contributed by atoms with E-state index in [1.54, 1.807) is 0 Å². The summed E-state index contributed by atoms with van der Waals surface area (Å²) in [5.74, 6) is 2.59. The van der Waals surface area contributed by atoms with Gasteiger partial charge in [-0.15, -0.1) is 5.92 Å². The van der Waals surface area contributed by atoms with Crippen molar-refractivity contribution < 1.29 is 9.47 Å². The van der Waals surface area contributed by atoms with Gasteiger partial charge in [-0.3, -0.25) is 0 Å². The highest BCUT2D eigenvalue weighted by atomic mass is 35.5. The Bertz CT molecular complexity index is 223. The summed E-state index contributed by atoms with van der Waals surface area (Å²) in [4.78, 5) is 0. The lowest BCUT2D eigenvalue weighted by molar-refractivity contribution is -0.243. The highest BCUT2D eigenvalue weighted by Crippen LogP contribution is 2.32. The molecule has 0 heterocycles. The first kappa shape index (κ1) is 13.6. The van der Waals surface area contributed by atoms with Gasteiger partial charge in [0.1, 0.15) is 6.61 Å². The molecule has 1 aliphatic rings. The lowest BCUT2D eigenvalue weighted by Gasteiger charge is -2.36. The molecule has 0 unspecified atom stereocenters. The number of halogens is 1. The topological polar surface area (TPSA) is 18.5 Å². The van der Waals surface area contributed by atoms with E-state index < -0.39 is 19.3 Å². The highest BCUT2D eigenvalue weighted by molar-refractivity contribution is 6.98. The minimum atomic E-state index is -0.675. The summed E-state index contributed by atoms with van der Waals surface area (Å²) in [6.45, 7) is 3.18. The lowest BCUT2D eigenvalue weighted by Crippen LogP contribution is -2.38. The Balaban J connectivity index is 2.41. The van der Waals surface area contributed by atoms with E-state index >= 15 is 0 Å². The largest absolute Gasteiger partial charge is 0.599 e. The maximum absolute atomic E-state index is 5.78. The first-order valence-electron chi connectivity index (χ1n) is 5.62. The molecule has 0 spiro atoms. The van der Waals surface area contributed by atoms with Crippen LogP contribution in [0.5, 0.6) is 0 Å². The molecule has 4 heteroatoms. The molecule has 0 amide bonds. The molecule has 0 aromatic heterocycles. The third-order valence-electron chi connectivity index (χ3n) is 2.62. The quantitative estimate of drug-likeness (QED) is 0.427. The summed E-state index contributed by atoms with van der Waals surface area (Å²) in [7, 11) is 5.60. The molecule has 1 aliphatic carbocycles. The van der Waals surface area contributed by atoms with Crippen LogP contribution in [-0.4, -0.2) is 38.3 Å². The zero-order valence-corrected chi connectivity index (χ0v) is 11.5. The van der Waals surface area contributed by atoms with Gasteiger partial charge in [0.2, 0.25) is 0 Å². The molecule has 1 rings (SSSR count). The summed E-state index contributed by atoms with van der Waals surface area (Å²) >= 11 is -0.675. The molecule has 0 aliphatic heterocycles.